The number of rotatable bonds is 5. The van der Waals surface area contributed by atoms with Crippen molar-refractivity contribution in [2.75, 3.05) is 31.6 Å². The van der Waals surface area contributed by atoms with Crippen LogP contribution in [0.5, 0.6) is 0 Å². The lowest BCUT2D eigenvalue weighted by Gasteiger charge is -2.34. The Hall–Kier alpha value is -0.910. The van der Waals surface area contributed by atoms with Gasteiger partial charge in [-0.1, -0.05) is 30.3 Å². The van der Waals surface area contributed by atoms with Crippen LogP contribution in [-0.2, 0) is 9.84 Å². The van der Waals surface area contributed by atoms with Crippen LogP contribution < -0.4 is 0 Å². The van der Waals surface area contributed by atoms with Gasteiger partial charge in [0, 0.05) is 12.8 Å². The molecule has 1 aliphatic heterocycles. The summed E-state index contributed by atoms with van der Waals surface area (Å²) in [4.78, 5) is 2.18. The van der Waals surface area contributed by atoms with Crippen LogP contribution >= 0.6 is 0 Å². The molecule has 20 heavy (non-hydrogen) atoms. The molecule has 5 heteroatoms. The van der Waals surface area contributed by atoms with Crippen LogP contribution in [0.25, 0.3) is 0 Å². The van der Waals surface area contributed by atoms with Gasteiger partial charge >= 0.3 is 0 Å². The van der Waals surface area contributed by atoms with Crippen molar-refractivity contribution in [2.24, 2.45) is 5.92 Å². The first-order valence-electron chi connectivity index (χ1n) is 7.09. The lowest BCUT2D eigenvalue weighted by molar-refractivity contribution is 0.0606. The lowest BCUT2D eigenvalue weighted by Crippen LogP contribution is -2.38. The van der Waals surface area contributed by atoms with Crippen molar-refractivity contribution in [3.8, 4) is 0 Å². The summed E-state index contributed by atoms with van der Waals surface area (Å²) in [6.45, 7) is 2.33. The zero-order valence-corrected chi connectivity index (χ0v) is 12.7. The summed E-state index contributed by atoms with van der Waals surface area (Å²) in [6.07, 6.45) is 2.70. The highest BCUT2D eigenvalue weighted by molar-refractivity contribution is 7.90. The number of hydrogen-bond acceptors (Lipinski definition) is 4. The van der Waals surface area contributed by atoms with Gasteiger partial charge in [-0.15, -0.1) is 0 Å². The Morgan fingerprint density at radius 1 is 1.25 bits per heavy atom. The third kappa shape index (κ3) is 4.58. The fourth-order valence-electron chi connectivity index (χ4n) is 2.71. The molecular weight excluding hydrogens is 274 g/mol. The Morgan fingerprint density at radius 3 is 2.40 bits per heavy atom. The van der Waals surface area contributed by atoms with E-state index in [0.29, 0.717) is 6.54 Å². The van der Waals surface area contributed by atoms with E-state index in [1.807, 2.05) is 30.3 Å². The van der Waals surface area contributed by atoms with Crippen molar-refractivity contribution in [1.29, 1.82) is 0 Å². The Balaban J connectivity index is 1.82. The standard InChI is InChI=1S/C15H23NO3S/c1-20(18,19)12-11-16-9-7-14(8-10-16)15(17)13-5-3-2-4-6-13/h2-6,14-15,17H,7-12H2,1H3. The summed E-state index contributed by atoms with van der Waals surface area (Å²) in [5.74, 6) is 0.491. The second-order valence-corrected chi connectivity index (χ2v) is 7.92. The van der Waals surface area contributed by atoms with E-state index in [2.05, 4.69) is 4.90 Å². The van der Waals surface area contributed by atoms with Crippen molar-refractivity contribution in [3.63, 3.8) is 0 Å². The first-order chi connectivity index (χ1) is 9.46. The summed E-state index contributed by atoms with van der Waals surface area (Å²) < 4.78 is 22.3. The van der Waals surface area contributed by atoms with Crippen molar-refractivity contribution in [1.82, 2.24) is 4.90 Å². The molecule has 1 saturated heterocycles. The van der Waals surface area contributed by atoms with Crippen LogP contribution in [0.1, 0.15) is 24.5 Å². The van der Waals surface area contributed by atoms with E-state index in [1.54, 1.807) is 0 Å². The first-order valence-corrected chi connectivity index (χ1v) is 9.15. The molecule has 1 aliphatic rings. The SMILES string of the molecule is CS(=O)(=O)CCN1CCC(C(O)c2ccccc2)CC1. The first kappa shape index (κ1) is 15.5. The topological polar surface area (TPSA) is 57.6 Å². The molecule has 1 unspecified atom stereocenters. The molecule has 1 heterocycles. The predicted molar refractivity (Wildman–Crippen MR) is 80.3 cm³/mol. The monoisotopic (exact) mass is 297 g/mol. The van der Waals surface area contributed by atoms with Crippen molar-refractivity contribution >= 4 is 9.84 Å². The van der Waals surface area contributed by atoms with Crippen LogP contribution in [0.3, 0.4) is 0 Å². The zero-order valence-electron chi connectivity index (χ0n) is 11.9. The number of hydrogen-bond donors (Lipinski definition) is 1. The molecule has 0 amide bonds. The van der Waals surface area contributed by atoms with E-state index in [-0.39, 0.29) is 11.7 Å². The maximum atomic E-state index is 11.2. The molecule has 0 spiro atoms. The van der Waals surface area contributed by atoms with E-state index in [1.165, 1.54) is 6.26 Å². The van der Waals surface area contributed by atoms with E-state index in [4.69, 9.17) is 0 Å². The van der Waals surface area contributed by atoms with E-state index in [9.17, 15) is 13.5 Å². The van der Waals surface area contributed by atoms with E-state index in [0.717, 1.165) is 31.5 Å². The molecule has 4 nitrogen and oxygen atoms in total. The smallest absolute Gasteiger partial charge is 0.148 e. The normalized spacial score (nSPS) is 19.9. The Morgan fingerprint density at radius 2 is 1.85 bits per heavy atom. The molecule has 0 aromatic heterocycles. The van der Waals surface area contributed by atoms with E-state index < -0.39 is 15.9 Å². The Bertz CT molecular complexity index is 507. The van der Waals surface area contributed by atoms with Gasteiger partial charge in [0.2, 0.25) is 0 Å². The summed E-state index contributed by atoms with van der Waals surface area (Å²) >= 11 is 0. The molecule has 1 aromatic carbocycles. The summed E-state index contributed by atoms with van der Waals surface area (Å²) in [5, 5.41) is 10.4. The molecule has 1 N–H and O–H groups in total. The van der Waals surface area contributed by atoms with Gasteiger partial charge in [0.1, 0.15) is 9.84 Å². The second kappa shape index (κ2) is 6.70. The molecule has 1 atom stereocenters. The number of nitrogens with zero attached hydrogens (tertiary/aromatic N) is 1. The largest absolute Gasteiger partial charge is 0.388 e. The predicted octanol–water partition coefficient (Wildman–Crippen LogP) is 1.48. The van der Waals surface area contributed by atoms with Gasteiger partial charge < -0.3 is 10.0 Å². The minimum absolute atomic E-state index is 0.221. The molecular formula is C15H23NO3S. The van der Waals surface area contributed by atoms with Gasteiger partial charge in [0.25, 0.3) is 0 Å². The average molecular weight is 297 g/mol. The van der Waals surface area contributed by atoms with Crippen LogP contribution in [-0.4, -0.2) is 50.1 Å². The highest BCUT2D eigenvalue weighted by Crippen LogP contribution is 2.30. The van der Waals surface area contributed by atoms with Gasteiger partial charge in [0.15, 0.2) is 0 Å². The molecule has 0 radical (unpaired) electrons. The minimum Gasteiger partial charge on any atom is -0.388 e. The second-order valence-electron chi connectivity index (χ2n) is 5.66. The lowest BCUT2D eigenvalue weighted by atomic mass is 9.87. The van der Waals surface area contributed by atoms with Gasteiger partial charge in [-0.25, -0.2) is 8.42 Å². The van der Waals surface area contributed by atoms with Gasteiger partial charge in [-0.3, -0.25) is 0 Å². The molecule has 0 aliphatic carbocycles. The van der Waals surface area contributed by atoms with Crippen molar-refractivity contribution < 1.29 is 13.5 Å². The third-order valence-corrected chi connectivity index (χ3v) is 4.92. The molecule has 0 saturated carbocycles. The van der Waals surface area contributed by atoms with Crippen LogP contribution in [0.2, 0.25) is 0 Å². The number of benzene rings is 1. The van der Waals surface area contributed by atoms with Gasteiger partial charge in [0.05, 0.1) is 11.9 Å². The molecule has 112 valence electrons. The Labute approximate surface area is 121 Å². The molecule has 1 fully saturated rings. The number of piperidine rings is 1. The van der Waals surface area contributed by atoms with Crippen LogP contribution in [0.15, 0.2) is 30.3 Å². The fourth-order valence-corrected chi connectivity index (χ4v) is 3.30. The highest BCUT2D eigenvalue weighted by Gasteiger charge is 2.26. The van der Waals surface area contributed by atoms with Gasteiger partial charge in [-0.05, 0) is 37.4 Å². The van der Waals surface area contributed by atoms with Crippen molar-refractivity contribution in [2.45, 2.75) is 18.9 Å². The number of sulfone groups is 1. The quantitative estimate of drug-likeness (QED) is 0.894. The zero-order chi connectivity index (χ0) is 14.6. The van der Waals surface area contributed by atoms with E-state index >= 15 is 0 Å². The Kier molecular flexibility index (Phi) is 5.18. The van der Waals surface area contributed by atoms with Crippen LogP contribution in [0, 0.1) is 5.92 Å². The average Bonchev–Trinajstić information content (AvgIpc) is 2.45. The summed E-state index contributed by atoms with van der Waals surface area (Å²) in [7, 11) is -2.89. The number of aliphatic hydroxyl groups is 1. The van der Waals surface area contributed by atoms with Crippen LogP contribution in [0.4, 0.5) is 0 Å². The molecule has 2 rings (SSSR count). The summed E-state index contributed by atoms with van der Waals surface area (Å²) in [5.41, 5.74) is 0.974. The highest BCUT2D eigenvalue weighted by atomic mass is 32.2. The number of likely N-dealkylation sites (tertiary alicyclic amines) is 1. The third-order valence-electron chi connectivity index (χ3n) is 4.00. The van der Waals surface area contributed by atoms with Crippen molar-refractivity contribution in [3.05, 3.63) is 35.9 Å². The summed E-state index contributed by atoms with van der Waals surface area (Å²) in [6, 6.07) is 9.75. The maximum Gasteiger partial charge on any atom is 0.148 e. The molecule has 1 aromatic rings. The fraction of sp³-hybridized carbons (Fsp3) is 0.600. The number of aliphatic hydroxyl groups excluding tert-OH is 1. The maximum absolute atomic E-state index is 11.2. The van der Waals surface area contributed by atoms with Gasteiger partial charge in [-0.2, -0.15) is 0 Å². The molecule has 0 bridgehead atoms. The minimum atomic E-state index is -2.89.